The minimum absolute atomic E-state index is 0.312. The number of alkyl halides is 2. The van der Waals surface area contributed by atoms with E-state index in [9.17, 15) is 8.78 Å². The SMILES string of the molecule is CC[C@@H](C)n1nccc1CNc1cn(C(F)F)nc1C. The zero-order valence-electron chi connectivity index (χ0n) is 11.8. The zero-order valence-corrected chi connectivity index (χ0v) is 11.8. The molecule has 20 heavy (non-hydrogen) atoms. The van der Waals surface area contributed by atoms with Crippen LogP contribution in [0.4, 0.5) is 14.5 Å². The molecule has 1 N–H and O–H groups in total. The van der Waals surface area contributed by atoms with Gasteiger partial charge in [-0.2, -0.15) is 19.0 Å². The Morgan fingerprint density at radius 1 is 1.40 bits per heavy atom. The summed E-state index contributed by atoms with van der Waals surface area (Å²) in [6.07, 6.45) is 4.06. The summed E-state index contributed by atoms with van der Waals surface area (Å²) >= 11 is 0. The molecule has 0 bridgehead atoms. The molecule has 0 fully saturated rings. The lowest BCUT2D eigenvalue weighted by atomic mass is 10.2. The van der Waals surface area contributed by atoms with E-state index < -0.39 is 6.55 Å². The molecule has 0 aromatic carbocycles. The van der Waals surface area contributed by atoms with Crippen LogP contribution in [0.1, 0.15) is 44.2 Å². The minimum atomic E-state index is -2.62. The highest BCUT2D eigenvalue weighted by Crippen LogP contribution is 2.19. The fraction of sp³-hybridized carbons (Fsp3) is 0.538. The second-order valence-corrected chi connectivity index (χ2v) is 4.76. The molecule has 0 amide bonds. The number of rotatable bonds is 6. The fourth-order valence-corrected chi connectivity index (χ4v) is 1.99. The predicted octanol–water partition coefficient (Wildman–Crippen LogP) is 3.37. The van der Waals surface area contributed by atoms with Crippen LogP contribution in [0.15, 0.2) is 18.5 Å². The van der Waals surface area contributed by atoms with E-state index in [1.807, 2.05) is 10.7 Å². The summed E-state index contributed by atoms with van der Waals surface area (Å²) in [5.74, 6) is 0. The third kappa shape index (κ3) is 2.97. The molecule has 110 valence electrons. The Hall–Kier alpha value is -1.92. The molecule has 0 radical (unpaired) electrons. The van der Waals surface area contributed by atoms with Gasteiger partial charge in [0.2, 0.25) is 0 Å². The van der Waals surface area contributed by atoms with E-state index in [0.717, 1.165) is 12.1 Å². The van der Waals surface area contributed by atoms with Gasteiger partial charge in [0, 0.05) is 12.2 Å². The van der Waals surface area contributed by atoms with Gasteiger partial charge in [-0.05, 0) is 26.3 Å². The molecule has 0 aliphatic heterocycles. The molecule has 5 nitrogen and oxygen atoms in total. The van der Waals surface area contributed by atoms with Crippen molar-refractivity contribution in [1.82, 2.24) is 19.6 Å². The summed E-state index contributed by atoms with van der Waals surface area (Å²) in [6.45, 7) is 3.81. The maximum absolute atomic E-state index is 12.5. The second-order valence-electron chi connectivity index (χ2n) is 4.76. The largest absolute Gasteiger partial charge is 0.377 e. The van der Waals surface area contributed by atoms with Crippen LogP contribution in [0.25, 0.3) is 0 Å². The first-order valence-corrected chi connectivity index (χ1v) is 6.63. The summed E-state index contributed by atoms with van der Waals surface area (Å²) in [5.41, 5.74) is 2.19. The van der Waals surface area contributed by atoms with Crippen molar-refractivity contribution < 1.29 is 8.78 Å². The lowest BCUT2D eigenvalue weighted by Crippen LogP contribution is -2.12. The molecule has 0 unspecified atom stereocenters. The lowest BCUT2D eigenvalue weighted by molar-refractivity contribution is 0.0563. The number of aryl methyl sites for hydroxylation is 1. The van der Waals surface area contributed by atoms with E-state index in [1.165, 1.54) is 6.20 Å². The van der Waals surface area contributed by atoms with Gasteiger partial charge in [-0.1, -0.05) is 6.92 Å². The minimum Gasteiger partial charge on any atom is -0.377 e. The summed E-state index contributed by atoms with van der Waals surface area (Å²) < 4.78 is 27.7. The highest BCUT2D eigenvalue weighted by Gasteiger charge is 2.12. The van der Waals surface area contributed by atoms with E-state index in [2.05, 4.69) is 29.4 Å². The van der Waals surface area contributed by atoms with E-state index >= 15 is 0 Å². The van der Waals surface area contributed by atoms with Gasteiger partial charge in [0.1, 0.15) is 0 Å². The third-order valence-corrected chi connectivity index (χ3v) is 3.34. The van der Waals surface area contributed by atoms with Crippen molar-refractivity contribution in [2.75, 3.05) is 5.32 Å². The normalized spacial score (nSPS) is 12.9. The van der Waals surface area contributed by atoms with Gasteiger partial charge in [0.25, 0.3) is 0 Å². The van der Waals surface area contributed by atoms with Gasteiger partial charge in [-0.25, -0.2) is 4.68 Å². The van der Waals surface area contributed by atoms with Crippen molar-refractivity contribution in [3.05, 3.63) is 29.8 Å². The van der Waals surface area contributed by atoms with Crippen LogP contribution in [-0.4, -0.2) is 19.6 Å². The average Bonchev–Trinajstić information content (AvgIpc) is 3.02. The molecule has 0 spiro atoms. The fourth-order valence-electron chi connectivity index (χ4n) is 1.99. The monoisotopic (exact) mass is 283 g/mol. The maximum atomic E-state index is 12.5. The molecule has 2 aromatic rings. The van der Waals surface area contributed by atoms with Crippen LogP contribution in [-0.2, 0) is 6.54 Å². The number of hydrogen-bond acceptors (Lipinski definition) is 3. The maximum Gasteiger partial charge on any atom is 0.333 e. The lowest BCUT2D eigenvalue weighted by Gasteiger charge is -2.14. The van der Waals surface area contributed by atoms with Gasteiger partial charge in [-0.3, -0.25) is 4.68 Å². The van der Waals surface area contributed by atoms with Gasteiger partial charge in [-0.15, -0.1) is 0 Å². The van der Waals surface area contributed by atoms with Crippen molar-refractivity contribution in [3.63, 3.8) is 0 Å². The number of anilines is 1. The number of halogens is 2. The van der Waals surface area contributed by atoms with Crippen molar-refractivity contribution in [2.45, 2.75) is 46.3 Å². The zero-order chi connectivity index (χ0) is 14.7. The summed E-state index contributed by atoms with van der Waals surface area (Å²) in [5, 5.41) is 11.2. The Labute approximate surface area is 116 Å². The van der Waals surface area contributed by atoms with Crippen LogP contribution in [0.2, 0.25) is 0 Å². The molecule has 0 aliphatic carbocycles. The number of nitrogens with zero attached hydrogens (tertiary/aromatic N) is 4. The molecule has 0 aliphatic rings. The van der Waals surface area contributed by atoms with Crippen molar-refractivity contribution >= 4 is 5.69 Å². The van der Waals surface area contributed by atoms with Crippen LogP contribution in [0.5, 0.6) is 0 Å². The molecular weight excluding hydrogens is 264 g/mol. The number of nitrogens with one attached hydrogen (secondary N) is 1. The third-order valence-electron chi connectivity index (χ3n) is 3.34. The number of aromatic nitrogens is 4. The Kier molecular flexibility index (Phi) is 4.36. The first-order chi connectivity index (χ1) is 9.52. The van der Waals surface area contributed by atoms with Gasteiger partial charge in [0.05, 0.1) is 29.8 Å². The Morgan fingerprint density at radius 2 is 2.15 bits per heavy atom. The van der Waals surface area contributed by atoms with E-state index in [-0.39, 0.29) is 0 Å². The average molecular weight is 283 g/mol. The van der Waals surface area contributed by atoms with E-state index in [1.54, 1.807) is 13.1 Å². The van der Waals surface area contributed by atoms with Crippen molar-refractivity contribution in [2.24, 2.45) is 0 Å². The first-order valence-electron chi connectivity index (χ1n) is 6.63. The van der Waals surface area contributed by atoms with Crippen LogP contribution in [0, 0.1) is 6.92 Å². The van der Waals surface area contributed by atoms with Gasteiger partial charge in [0.15, 0.2) is 0 Å². The molecule has 2 rings (SSSR count). The standard InChI is InChI=1S/C13H19F2N5/c1-4-9(2)20-11(5-6-17-20)7-16-12-8-19(13(14)15)18-10(12)3/h5-6,8-9,13,16H,4,7H2,1-3H3/t9-/m1/s1. The van der Waals surface area contributed by atoms with Crippen LogP contribution < -0.4 is 5.32 Å². The topological polar surface area (TPSA) is 47.7 Å². The smallest absolute Gasteiger partial charge is 0.333 e. The van der Waals surface area contributed by atoms with Crippen LogP contribution in [0.3, 0.4) is 0 Å². The quantitative estimate of drug-likeness (QED) is 0.884. The predicted molar refractivity (Wildman–Crippen MR) is 72.8 cm³/mol. The van der Waals surface area contributed by atoms with Crippen molar-refractivity contribution in [3.8, 4) is 0 Å². The van der Waals surface area contributed by atoms with Crippen molar-refractivity contribution in [1.29, 1.82) is 0 Å². The van der Waals surface area contributed by atoms with E-state index in [4.69, 9.17) is 0 Å². The highest BCUT2D eigenvalue weighted by atomic mass is 19.3. The highest BCUT2D eigenvalue weighted by molar-refractivity contribution is 5.45. The summed E-state index contributed by atoms with van der Waals surface area (Å²) in [4.78, 5) is 0. The summed E-state index contributed by atoms with van der Waals surface area (Å²) in [6, 6.07) is 2.23. The molecule has 2 aromatic heterocycles. The molecule has 0 saturated carbocycles. The van der Waals surface area contributed by atoms with Crippen LogP contribution >= 0.6 is 0 Å². The molecule has 2 heterocycles. The Bertz CT molecular complexity index is 561. The van der Waals surface area contributed by atoms with Gasteiger partial charge < -0.3 is 5.32 Å². The Balaban J connectivity index is 2.07. The first kappa shape index (κ1) is 14.5. The molecule has 0 saturated heterocycles. The number of hydrogen-bond donors (Lipinski definition) is 1. The molecule has 1 atom stereocenters. The van der Waals surface area contributed by atoms with E-state index in [0.29, 0.717) is 28.6 Å². The second kappa shape index (κ2) is 6.02. The summed E-state index contributed by atoms with van der Waals surface area (Å²) in [7, 11) is 0. The Morgan fingerprint density at radius 3 is 2.75 bits per heavy atom. The molecular formula is C13H19F2N5. The van der Waals surface area contributed by atoms with Gasteiger partial charge >= 0.3 is 6.55 Å². The molecule has 7 heteroatoms.